The van der Waals surface area contributed by atoms with Gasteiger partial charge in [-0.2, -0.15) is 8.78 Å². The van der Waals surface area contributed by atoms with Gasteiger partial charge in [-0.05, 0) is 20.9 Å². The Labute approximate surface area is 125 Å². The molecule has 0 aliphatic heterocycles. The quantitative estimate of drug-likeness (QED) is 0.883. The first kappa shape index (κ1) is 16.1. The number of halogens is 2. The molecule has 0 radical (unpaired) electrons. The second kappa shape index (κ2) is 6.65. The molecule has 120 valence electrons. The van der Waals surface area contributed by atoms with Crippen LogP contribution in [0.2, 0.25) is 0 Å². The third-order valence-corrected chi connectivity index (χ3v) is 3.26. The maximum atomic E-state index is 12.8. The van der Waals surface area contributed by atoms with Crippen molar-refractivity contribution in [2.24, 2.45) is 0 Å². The van der Waals surface area contributed by atoms with Crippen LogP contribution in [0.5, 0.6) is 0 Å². The number of carbonyl (C=O) groups excluding carboxylic acids is 1. The van der Waals surface area contributed by atoms with Gasteiger partial charge in [0.2, 0.25) is 11.8 Å². The van der Waals surface area contributed by atoms with Gasteiger partial charge in [0.25, 0.3) is 0 Å². The van der Waals surface area contributed by atoms with Crippen molar-refractivity contribution >= 4 is 11.8 Å². The minimum atomic E-state index is -2.66. The second-order valence-corrected chi connectivity index (χ2v) is 4.94. The lowest BCUT2D eigenvalue weighted by atomic mass is 10.2. The SMILES string of the molecule is Cc1cc(NC(=O)C(C)N(C)Cc2nccn2C(F)F)on1. The largest absolute Gasteiger partial charge is 0.338 e. The average Bonchev–Trinajstić information content (AvgIpc) is 3.07. The molecule has 1 amide bonds. The van der Waals surface area contributed by atoms with Crippen molar-refractivity contribution in [3.63, 3.8) is 0 Å². The standard InChI is InChI=1S/C13H17F2N5O2/c1-8-6-11(22-18-8)17-12(21)9(2)19(3)7-10-16-4-5-20(10)13(14)15/h4-6,9,13H,7H2,1-3H3,(H,17,21). The Morgan fingerprint density at radius 3 is 2.86 bits per heavy atom. The predicted octanol–water partition coefficient (Wildman–Crippen LogP) is 2.03. The van der Waals surface area contributed by atoms with Gasteiger partial charge in [0.1, 0.15) is 5.82 Å². The monoisotopic (exact) mass is 313 g/mol. The van der Waals surface area contributed by atoms with E-state index in [1.54, 1.807) is 31.9 Å². The summed E-state index contributed by atoms with van der Waals surface area (Å²) in [5.41, 5.74) is 0.648. The molecule has 0 aliphatic rings. The Balaban J connectivity index is 1.97. The second-order valence-electron chi connectivity index (χ2n) is 4.94. The van der Waals surface area contributed by atoms with Gasteiger partial charge in [-0.3, -0.25) is 19.6 Å². The fraction of sp³-hybridized carbons (Fsp3) is 0.462. The van der Waals surface area contributed by atoms with Crippen LogP contribution in [-0.4, -0.2) is 38.6 Å². The molecule has 2 aromatic heterocycles. The van der Waals surface area contributed by atoms with Crippen LogP contribution in [-0.2, 0) is 11.3 Å². The van der Waals surface area contributed by atoms with Gasteiger partial charge >= 0.3 is 6.55 Å². The zero-order valence-electron chi connectivity index (χ0n) is 12.5. The summed E-state index contributed by atoms with van der Waals surface area (Å²) in [6, 6.07) is 1.03. The first-order valence-corrected chi connectivity index (χ1v) is 6.62. The number of carbonyl (C=O) groups is 1. The molecule has 0 aliphatic carbocycles. The minimum absolute atomic E-state index is 0.112. The third-order valence-electron chi connectivity index (χ3n) is 3.26. The van der Waals surface area contributed by atoms with Crippen molar-refractivity contribution in [1.82, 2.24) is 19.6 Å². The summed E-state index contributed by atoms with van der Waals surface area (Å²) in [5.74, 6) is 0.110. The van der Waals surface area contributed by atoms with E-state index in [1.165, 1.54) is 12.4 Å². The van der Waals surface area contributed by atoms with Gasteiger partial charge in [0.15, 0.2) is 0 Å². The van der Waals surface area contributed by atoms with Crippen LogP contribution in [0.3, 0.4) is 0 Å². The molecule has 0 aromatic carbocycles. The molecule has 0 bridgehead atoms. The lowest BCUT2D eigenvalue weighted by Gasteiger charge is -2.23. The zero-order valence-corrected chi connectivity index (χ0v) is 12.5. The van der Waals surface area contributed by atoms with E-state index in [9.17, 15) is 13.6 Å². The number of hydrogen-bond acceptors (Lipinski definition) is 5. The summed E-state index contributed by atoms with van der Waals surface area (Å²) in [6.07, 6.45) is 2.51. The number of nitrogens with one attached hydrogen (secondary N) is 1. The van der Waals surface area contributed by atoms with Crippen LogP contribution in [0.25, 0.3) is 0 Å². The number of hydrogen-bond donors (Lipinski definition) is 1. The van der Waals surface area contributed by atoms with E-state index < -0.39 is 12.6 Å². The maximum Gasteiger partial charge on any atom is 0.319 e. The number of imidazole rings is 1. The first-order valence-electron chi connectivity index (χ1n) is 6.62. The van der Waals surface area contributed by atoms with Crippen molar-refractivity contribution < 1.29 is 18.1 Å². The van der Waals surface area contributed by atoms with Crippen LogP contribution in [0.1, 0.15) is 25.0 Å². The molecule has 1 N–H and O–H groups in total. The molecule has 2 heterocycles. The Kier molecular flexibility index (Phi) is 4.86. The summed E-state index contributed by atoms with van der Waals surface area (Å²) in [6.45, 7) is 0.848. The summed E-state index contributed by atoms with van der Waals surface area (Å²) >= 11 is 0. The first-order chi connectivity index (χ1) is 10.4. The number of alkyl halides is 2. The summed E-state index contributed by atoms with van der Waals surface area (Å²) in [7, 11) is 1.65. The van der Waals surface area contributed by atoms with Gasteiger partial charge < -0.3 is 4.52 Å². The summed E-state index contributed by atoms with van der Waals surface area (Å²) in [4.78, 5) is 17.6. The smallest absolute Gasteiger partial charge is 0.319 e. The van der Waals surface area contributed by atoms with E-state index >= 15 is 0 Å². The van der Waals surface area contributed by atoms with E-state index in [0.29, 0.717) is 5.69 Å². The highest BCUT2D eigenvalue weighted by atomic mass is 19.3. The molecule has 0 fully saturated rings. The highest BCUT2D eigenvalue weighted by molar-refractivity contribution is 5.93. The van der Waals surface area contributed by atoms with Gasteiger partial charge in [0, 0.05) is 18.5 Å². The van der Waals surface area contributed by atoms with Gasteiger partial charge in [-0.1, -0.05) is 5.16 Å². The third kappa shape index (κ3) is 3.67. The fourth-order valence-corrected chi connectivity index (χ4v) is 1.85. The van der Waals surface area contributed by atoms with E-state index in [0.717, 1.165) is 4.57 Å². The number of amides is 1. The molecular formula is C13H17F2N5O2. The van der Waals surface area contributed by atoms with Crippen LogP contribution >= 0.6 is 0 Å². The molecule has 9 heteroatoms. The molecule has 22 heavy (non-hydrogen) atoms. The number of aromatic nitrogens is 3. The molecule has 0 spiro atoms. The molecule has 0 saturated heterocycles. The highest BCUT2D eigenvalue weighted by Crippen LogP contribution is 2.15. The van der Waals surface area contributed by atoms with Gasteiger partial charge in [-0.15, -0.1) is 0 Å². The number of aryl methyl sites for hydroxylation is 1. The van der Waals surface area contributed by atoms with Crippen molar-refractivity contribution in [1.29, 1.82) is 0 Å². The van der Waals surface area contributed by atoms with Crippen molar-refractivity contribution in [2.45, 2.75) is 33.0 Å². The van der Waals surface area contributed by atoms with Gasteiger partial charge in [0.05, 0.1) is 18.3 Å². The van der Waals surface area contributed by atoms with E-state index in [-0.39, 0.29) is 24.2 Å². The number of nitrogens with zero attached hydrogens (tertiary/aromatic N) is 4. The highest BCUT2D eigenvalue weighted by Gasteiger charge is 2.22. The fourth-order valence-electron chi connectivity index (χ4n) is 1.85. The lowest BCUT2D eigenvalue weighted by Crippen LogP contribution is -2.39. The van der Waals surface area contributed by atoms with Gasteiger partial charge in [-0.25, -0.2) is 4.98 Å². The minimum Gasteiger partial charge on any atom is -0.338 e. The molecule has 1 atom stereocenters. The summed E-state index contributed by atoms with van der Waals surface area (Å²) < 4.78 is 31.2. The molecule has 0 saturated carbocycles. The van der Waals surface area contributed by atoms with Crippen molar-refractivity contribution in [3.05, 3.63) is 30.0 Å². The molecule has 7 nitrogen and oxygen atoms in total. The average molecular weight is 313 g/mol. The van der Waals surface area contributed by atoms with Crippen molar-refractivity contribution in [2.75, 3.05) is 12.4 Å². The molecule has 2 rings (SSSR count). The number of anilines is 1. The van der Waals surface area contributed by atoms with E-state index in [4.69, 9.17) is 4.52 Å². The van der Waals surface area contributed by atoms with E-state index in [1.807, 2.05) is 0 Å². The molecular weight excluding hydrogens is 296 g/mol. The Hall–Kier alpha value is -2.29. The van der Waals surface area contributed by atoms with Crippen molar-refractivity contribution in [3.8, 4) is 0 Å². The Bertz CT molecular complexity index is 640. The summed E-state index contributed by atoms with van der Waals surface area (Å²) in [5, 5.41) is 6.24. The van der Waals surface area contributed by atoms with Crippen LogP contribution < -0.4 is 5.32 Å². The van der Waals surface area contributed by atoms with Crippen LogP contribution in [0, 0.1) is 6.92 Å². The lowest BCUT2D eigenvalue weighted by molar-refractivity contribution is -0.120. The molecule has 2 aromatic rings. The van der Waals surface area contributed by atoms with E-state index in [2.05, 4.69) is 15.5 Å². The van der Waals surface area contributed by atoms with Crippen LogP contribution in [0.4, 0.5) is 14.7 Å². The Morgan fingerprint density at radius 2 is 2.27 bits per heavy atom. The van der Waals surface area contributed by atoms with Crippen LogP contribution in [0.15, 0.2) is 23.0 Å². The molecule has 1 unspecified atom stereocenters. The maximum absolute atomic E-state index is 12.8. The topological polar surface area (TPSA) is 76.2 Å². The zero-order chi connectivity index (χ0) is 16.3. The Morgan fingerprint density at radius 1 is 1.55 bits per heavy atom. The predicted molar refractivity (Wildman–Crippen MR) is 74.3 cm³/mol. The normalized spacial score (nSPS) is 12.9. The number of rotatable bonds is 6. The number of likely N-dealkylation sites (N-methyl/N-ethyl adjacent to an activating group) is 1.